The molecule has 0 radical (unpaired) electrons. The van der Waals surface area contributed by atoms with Gasteiger partial charge in [-0.05, 0) is 0 Å². The summed E-state index contributed by atoms with van der Waals surface area (Å²) in [4.78, 5) is 14.8. The van der Waals surface area contributed by atoms with Crippen LogP contribution in [0.5, 0.6) is 6.01 Å². The average Bonchev–Trinajstić information content (AvgIpc) is 2.52. The Morgan fingerprint density at radius 1 is 1.77 bits per heavy atom. The number of carbonyl (C=O) groups excluding carboxylic acids is 1. The lowest BCUT2D eigenvalue weighted by Gasteiger charge is -1.96. The number of hydrogen-bond acceptors (Lipinski definition) is 4. The smallest absolute Gasteiger partial charge is 0.336 e. The van der Waals surface area contributed by atoms with Gasteiger partial charge in [0.25, 0.3) is 0 Å². The number of halogens is 1. The first-order valence-corrected chi connectivity index (χ1v) is 4.12. The molecule has 1 rings (SSSR count). The lowest BCUT2D eigenvalue weighted by Crippen LogP contribution is -2.12. The van der Waals surface area contributed by atoms with E-state index in [-0.39, 0.29) is 30.2 Å². The summed E-state index contributed by atoms with van der Waals surface area (Å²) in [6.07, 6.45) is 0.241. The van der Waals surface area contributed by atoms with Crippen LogP contribution in [0.1, 0.15) is 6.42 Å². The molecule has 0 aliphatic carbocycles. The maximum Gasteiger partial charge on any atom is 0.336 e. The highest BCUT2D eigenvalue weighted by atomic mass is 35.5. The van der Waals surface area contributed by atoms with Crippen molar-refractivity contribution >= 4 is 23.5 Å². The number of nitrogens with one attached hydrogen (secondary N) is 2. The van der Waals surface area contributed by atoms with Crippen molar-refractivity contribution in [3.05, 3.63) is 0 Å². The number of aromatic nitrogens is 3. The molecule has 1 heterocycles. The Kier molecular flexibility index (Phi) is 3.51. The van der Waals surface area contributed by atoms with Crippen LogP contribution in [0, 0.1) is 0 Å². The van der Waals surface area contributed by atoms with Crippen LogP contribution in [0.2, 0.25) is 0 Å². The Hall–Kier alpha value is -1.30. The van der Waals surface area contributed by atoms with Crippen LogP contribution >= 0.6 is 11.6 Å². The second-order valence-corrected chi connectivity index (χ2v) is 2.54. The molecule has 2 N–H and O–H groups in total. The van der Waals surface area contributed by atoms with Crippen LogP contribution in [-0.2, 0) is 4.79 Å². The van der Waals surface area contributed by atoms with Gasteiger partial charge in [-0.3, -0.25) is 10.1 Å². The fraction of sp³-hybridized carbons (Fsp3) is 0.500. The summed E-state index contributed by atoms with van der Waals surface area (Å²) in [5.74, 6) is 0.317. The molecule has 1 aromatic rings. The van der Waals surface area contributed by atoms with Crippen molar-refractivity contribution in [2.75, 3.05) is 18.3 Å². The molecule has 7 heteroatoms. The van der Waals surface area contributed by atoms with Gasteiger partial charge in [-0.2, -0.15) is 4.98 Å². The summed E-state index contributed by atoms with van der Waals surface area (Å²) >= 11 is 5.36. The summed E-state index contributed by atoms with van der Waals surface area (Å²) < 4.78 is 4.71. The highest BCUT2D eigenvalue weighted by molar-refractivity contribution is 6.19. The van der Waals surface area contributed by atoms with Gasteiger partial charge in [-0.15, -0.1) is 16.7 Å². The summed E-state index contributed by atoms with van der Waals surface area (Å²) in [6, 6.07) is 0.182. The number of H-pyrrole nitrogens is 1. The van der Waals surface area contributed by atoms with E-state index < -0.39 is 0 Å². The van der Waals surface area contributed by atoms with E-state index in [1.54, 1.807) is 0 Å². The monoisotopic (exact) mass is 204 g/mol. The molecule has 0 saturated heterocycles. The van der Waals surface area contributed by atoms with Gasteiger partial charge in [0.1, 0.15) is 0 Å². The van der Waals surface area contributed by atoms with Gasteiger partial charge in [0.05, 0.1) is 7.11 Å². The van der Waals surface area contributed by atoms with Crippen LogP contribution in [0.3, 0.4) is 0 Å². The predicted octanol–water partition coefficient (Wildman–Crippen LogP) is 0.381. The maximum absolute atomic E-state index is 11.0. The standard InChI is InChI=1S/C6H9ClN4O2/c1-13-6-9-5(10-11-6)8-4(12)2-3-7/h2-3H2,1H3,(H2,8,9,10,11,12). The predicted molar refractivity (Wildman–Crippen MR) is 46.9 cm³/mol. The van der Waals surface area contributed by atoms with Crippen LogP contribution in [0.15, 0.2) is 0 Å². The Morgan fingerprint density at radius 2 is 2.54 bits per heavy atom. The number of amides is 1. The third kappa shape index (κ3) is 2.90. The van der Waals surface area contributed by atoms with Gasteiger partial charge in [-0.25, -0.2) is 5.10 Å². The van der Waals surface area contributed by atoms with Crippen LogP contribution in [0.4, 0.5) is 5.95 Å². The van der Waals surface area contributed by atoms with Gasteiger partial charge in [0, 0.05) is 12.3 Å². The molecule has 0 spiro atoms. The van der Waals surface area contributed by atoms with Gasteiger partial charge >= 0.3 is 6.01 Å². The summed E-state index contributed by atoms with van der Waals surface area (Å²) in [5, 5.41) is 8.59. The minimum absolute atomic E-state index is 0.182. The number of rotatable bonds is 4. The Morgan fingerprint density at radius 3 is 3.08 bits per heavy atom. The largest absolute Gasteiger partial charge is 0.466 e. The van der Waals surface area contributed by atoms with Crippen molar-refractivity contribution in [3.63, 3.8) is 0 Å². The third-order valence-corrected chi connectivity index (χ3v) is 1.42. The van der Waals surface area contributed by atoms with Gasteiger partial charge < -0.3 is 4.74 Å². The SMILES string of the molecule is COc1n[nH]c(NC(=O)CCCl)n1. The van der Waals surface area contributed by atoms with Gasteiger partial charge in [0.15, 0.2) is 0 Å². The molecule has 0 aliphatic heterocycles. The minimum Gasteiger partial charge on any atom is -0.466 e. The molecule has 0 aromatic carbocycles. The molecule has 13 heavy (non-hydrogen) atoms. The molecule has 1 aromatic heterocycles. The third-order valence-electron chi connectivity index (χ3n) is 1.23. The highest BCUT2D eigenvalue weighted by Crippen LogP contribution is 2.04. The van der Waals surface area contributed by atoms with Crippen LogP contribution in [-0.4, -0.2) is 34.1 Å². The molecule has 6 nitrogen and oxygen atoms in total. The quantitative estimate of drug-likeness (QED) is 0.695. The summed E-state index contributed by atoms with van der Waals surface area (Å²) in [5.41, 5.74) is 0. The maximum atomic E-state index is 11.0. The first-order chi connectivity index (χ1) is 6.26. The normalized spacial score (nSPS) is 9.69. The molecule has 0 saturated carbocycles. The van der Waals surface area contributed by atoms with Crippen molar-refractivity contribution in [1.82, 2.24) is 15.2 Å². The lowest BCUT2D eigenvalue weighted by atomic mass is 10.4. The number of methoxy groups -OCH3 is 1. The van der Waals surface area contributed by atoms with E-state index in [1.807, 2.05) is 0 Å². The second-order valence-electron chi connectivity index (χ2n) is 2.16. The molecule has 0 bridgehead atoms. The number of ether oxygens (including phenoxy) is 1. The molecular weight excluding hydrogens is 196 g/mol. The number of anilines is 1. The van der Waals surface area contributed by atoms with Gasteiger partial charge in [-0.1, -0.05) is 0 Å². The van der Waals surface area contributed by atoms with E-state index in [9.17, 15) is 4.79 Å². The molecule has 72 valence electrons. The second kappa shape index (κ2) is 4.66. The zero-order valence-corrected chi connectivity index (χ0v) is 7.76. The topological polar surface area (TPSA) is 79.9 Å². The molecule has 0 unspecified atom stereocenters. The van der Waals surface area contributed by atoms with E-state index in [2.05, 4.69) is 20.5 Å². The lowest BCUT2D eigenvalue weighted by molar-refractivity contribution is -0.115. The number of nitrogens with zero attached hydrogens (tertiary/aromatic N) is 2. The van der Waals surface area contributed by atoms with Crippen molar-refractivity contribution in [1.29, 1.82) is 0 Å². The zero-order valence-electron chi connectivity index (χ0n) is 7.00. The fourth-order valence-corrected chi connectivity index (χ4v) is 0.846. The summed E-state index contributed by atoms with van der Waals surface area (Å²) in [7, 11) is 1.44. The van der Waals surface area contributed by atoms with E-state index in [0.717, 1.165) is 0 Å². The number of hydrogen-bond donors (Lipinski definition) is 2. The Labute approximate surface area is 79.6 Å². The van der Waals surface area contributed by atoms with E-state index in [0.29, 0.717) is 0 Å². The van der Waals surface area contributed by atoms with Crippen molar-refractivity contribution in [2.24, 2.45) is 0 Å². The molecule has 1 amide bonds. The minimum atomic E-state index is -0.214. The highest BCUT2D eigenvalue weighted by Gasteiger charge is 2.05. The number of alkyl halides is 1. The first-order valence-electron chi connectivity index (χ1n) is 3.58. The number of aromatic amines is 1. The average molecular weight is 205 g/mol. The number of carbonyl (C=O) groups is 1. The summed E-state index contributed by atoms with van der Waals surface area (Å²) in [6.45, 7) is 0. The van der Waals surface area contributed by atoms with E-state index >= 15 is 0 Å². The van der Waals surface area contributed by atoms with Crippen LogP contribution < -0.4 is 10.1 Å². The van der Waals surface area contributed by atoms with Gasteiger partial charge in [0.2, 0.25) is 11.9 Å². The molecule has 0 fully saturated rings. The van der Waals surface area contributed by atoms with E-state index in [1.165, 1.54) is 7.11 Å². The van der Waals surface area contributed by atoms with Crippen molar-refractivity contribution in [2.45, 2.75) is 6.42 Å². The molecule has 0 atom stereocenters. The van der Waals surface area contributed by atoms with Crippen LogP contribution in [0.25, 0.3) is 0 Å². The fourth-order valence-electron chi connectivity index (χ4n) is 0.674. The zero-order chi connectivity index (χ0) is 9.68. The molecule has 0 aliphatic rings. The Bertz CT molecular complexity index is 288. The first kappa shape index (κ1) is 9.79. The van der Waals surface area contributed by atoms with Crippen molar-refractivity contribution in [3.8, 4) is 6.01 Å². The van der Waals surface area contributed by atoms with Crippen molar-refractivity contribution < 1.29 is 9.53 Å². The molecular formula is C6H9ClN4O2. The van der Waals surface area contributed by atoms with E-state index in [4.69, 9.17) is 16.3 Å². The Balaban J connectivity index is 2.49.